The Bertz CT molecular complexity index is 2920. The van der Waals surface area contributed by atoms with Crippen LogP contribution in [0.5, 0.6) is 0 Å². The van der Waals surface area contributed by atoms with E-state index in [1.807, 2.05) is 30.3 Å². The van der Waals surface area contributed by atoms with E-state index in [4.69, 9.17) is 14.4 Å². The molecule has 0 N–H and O–H groups in total. The molecule has 53 heavy (non-hydrogen) atoms. The van der Waals surface area contributed by atoms with Crippen LogP contribution in [0.25, 0.3) is 100.0 Å². The highest BCUT2D eigenvalue weighted by Gasteiger charge is 2.17. The maximum atomic E-state index is 6.52. The lowest BCUT2D eigenvalue weighted by atomic mass is 9.93. The molecule has 10 rings (SSSR count). The van der Waals surface area contributed by atoms with Gasteiger partial charge in [-0.2, -0.15) is 0 Å². The molecule has 0 fully saturated rings. The molecule has 0 radical (unpaired) electrons. The zero-order chi connectivity index (χ0) is 35.1. The topological polar surface area (TPSA) is 38.9 Å². The van der Waals surface area contributed by atoms with E-state index in [9.17, 15) is 0 Å². The van der Waals surface area contributed by atoms with E-state index in [-0.39, 0.29) is 0 Å². The van der Waals surface area contributed by atoms with Crippen LogP contribution >= 0.6 is 0 Å². The minimum Gasteiger partial charge on any atom is -0.455 e. The van der Waals surface area contributed by atoms with E-state index in [0.29, 0.717) is 5.82 Å². The first-order chi connectivity index (χ1) is 26.2. The van der Waals surface area contributed by atoms with Crippen molar-refractivity contribution in [1.29, 1.82) is 0 Å². The average molecular weight is 677 g/mol. The van der Waals surface area contributed by atoms with Crippen LogP contribution in [0.4, 0.5) is 0 Å². The van der Waals surface area contributed by atoms with Crippen LogP contribution in [-0.4, -0.2) is 9.97 Å². The van der Waals surface area contributed by atoms with Crippen molar-refractivity contribution in [3.8, 4) is 67.3 Å². The Kier molecular flexibility index (Phi) is 7.47. The Hall–Kier alpha value is -7.10. The lowest BCUT2D eigenvalue weighted by Crippen LogP contribution is -1.96. The number of benzene rings is 8. The second kappa shape index (κ2) is 12.9. The molecule has 0 spiro atoms. The molecule has 0 unspecified atom stereocenters. The maximum Gasteiger partial charge on any atom is 0.160 e. The number of aromatic nitrogens is 2. The van der Waals surface area contributed by atoms with Crippen molar-refractivity contribution in [3.63, 3.8) is 0 Å². The Morgan fingerprint density at radius 2 is 0.887 bits per heavy atom. The third-order valence-corrected chi connectivity index (χ3v) is 10.1. The number of fused-ring (bicyclic) bond motifs is 4. The highest BCUT2D eigenvalue weighted by Crippen LogP contribution is 2.40. The van der Waals surface area contributed by atoms with Crippen LogP contribution in [0, 0.1) is 0 Å². The van der Waals surface area contributed by atoms with E-state index >= 15 is 0 Å². The number of nitrogens with zero attached hydrogens (tertiary/aromatic N) is 2. The molecule has 0 aliphatic rings. The first-order valence-electron chi connectivity index (χ1n) is 17.9. The molecule has 0 atom stereocenters. The summed E-state index contributed by atoms with van der Waals surface area (Å²) in [4.78, 5) is 10.4. The molecule has 3 nitrogen and oxygen atoms in total. The minimum atomic E-state index is 0.683. The lowest BCUT2D eigenvalue weighted by Gasteiger charge is -2.14. The zero-order valence-electron chi connectivity index (χ0n) is 28.8. The summed E-state index contributed by atoms with van der Waals surface area (Å²) >= 11 is 0. The third-order valence-electron chi connectivity index (χ3n) is 10.1. The van der Waals surface area contributed by atoms with Crippen LogP contribution in [0.1, 0.15) is 0 Å². The summed E-state index contributed by atoms with van der Waals surface area (Å²) in [5.74, 6) is 0.683. The number of hydrogen-bond acceptors (Lipinski definition) is 3. The van der Waals surface area contributed by atoms with Crippen molar-refractivity contribution < 1.29 is 4.42 Å². The van der Waals surface area contributed by atoms with Crippen LogP contribution < -0.4 is 0 Å². The fourth-order valence-corrected chi connectivity index (χ4v) is 7.46. The first-order valence-corrected chi connectivity index (χ1v) is 17.9. The van der Waals surface area contributed by atoms with Crippen molar-refractivity contribution >= 4 is 32.7 Å². The average Bonchev–Trinajstić information content (AvgIpc) is 3.63. The van der Waals surface area contributed by atoms with Crippen molar-refractivity contribution in [2.24, 2.45) is 0 Å². The highest BCUT2D eigenvalue weighted by atomic mass is 16.3. The van der Waals surface area contributed by atoms with Crippen molar-refractivity contribution in [3.05, 3.63) is 194 Å². The van der Waals surface area contributed by atoms with Crippen LogP contribution in [-0.2, 0) is 0 Å². The second-order valence-electron chi connectivity index (χ2n) is 13.4. The van der Waals surface area contributed by atoms with Gasteiger partial charge in [-0.3, -0.25) is 0 Å². The summed E-state index contributed by atoms with van der Waals surface area (Å²) in [5, 5.41) is 4.69. The van der Waals surface area contributed by atoms with Gasteiger partial charge < -0.3 is 4.42 Å². The monoisotopic (exact) mass is 676 g/mol. The zero-order valence-corrected chi connectivity index (χ0v) is 28.8. The third kappa shape index (κ3) is 5.65. The van der Waals surface area contributed by atoms with Gasteiger partial charge in [-0.15, -0.1) is 0 Å². The number of hydrogen-bond donors (Lipinski definition) is 0. The molecule has 8 aromatic carbocycles. The molecule has 0 saturated heterocycles. The van der Waals surface area contributed by atoms with E-state index < -0.39 is 0 Å². The number of rotatable bonds is 6. The quantitative estimate of drug-likeness (QED) is 0.176. The molecule has 10 aromatic rings. The highest BCUT2D eigenvalue weighted by molar-refractivity contribution is 6.10. The first kappa shape index (κ1) is 30.7. The van der Waals surface area contributed by atoms with Crippen molar-refractivity contribution in [2.45, 2.75) is 0 Å². The molecule has 0 aliphatic carbocycles. The minimum absolute atomic E-state index is 0.683. The summed E-state index contributed by atoms with van der Waals surface area (Å²) in [6, 6.07) is 68.0. The van der Waals surface area contributed by atoms with Gasteiger partial charge in [0.15, 0.2) is 5.82 Å². The molecule has 248 valence electrons. The predicted octanol–water partition coefficient (Wildman–Crippen LogP) is 13.5. The van der Waals surface area contributed by atoms with Gasteiger partial charge in [-0.25, -0.2) is 9.97 Å². The van der Waals surface area contributed by atoms with Gasteiger partial charge in [0.2, 0.25) is 0 Å². The smallest absolute Gasteiger partial charge is 0.160 e. The SMILES string of the molecule is c1ccc(-c2cc(-c3cc(-c4ccc(-c5cccc6ccccc56)cc4)nc(-c4ccccc4)n3)cc(-c3cccc4c3oc3ccccc34)c2)cc1. The van der Waals surface area contributed by atoms with Gasteiger partial charge in [0.05, 0.1) is 11.4 Å². The molecule has 2 aromatic heterocycles. The lowest BCUT2D eigenvalue weighted by molar-refractivity contribution is 0.670. The van der Waals surface area contributed by atoms with E-state index in [1.54, 1.807) is 0 Å². The summed E-state index contributed by atoms with van der Waals surface area (Å²) in [5.41, 5.74) is 13.2. The molecule has 3 heteroatoms. The molecule has 0 aliphatic heterocycles. The summed E-state index contributed by atoms with van der Waals surface area (Å²) in [6.07, 6.45) is 0. The molecule has 0 amide bonds. The van der Waals surface area contributed by atoms with Crippen LogP contribution in [0.3, 0.4) is 0 Å². The standard InChI is InChI=1S/C50H32N2O/c1-3-13-33(14-4-1)38-29-39(43-22-12-23-45-44-20-9-10-24-48(44)53-49(43)45)31-40(30-38)47-32-46(51-50(52-47)37-16-5-2-6-17-37)36-27-25-35(26-28-36)42-21-11-18-34-15-7-8-19-41(34)42/h1-32H. The van der Waals surface area contributed by atoms with Gasteiger partial charge in [-0.05, 0) is 68.9 Å². The van der Waals surface area contributed by atoms with Crippen LogP contribution in [0.15, 0.2) is 199 Å². The molecular formula is C50H32N2O. The Balaban J connectivity index is 1.15. The summed E-state index contributed by atoms with van der Waals surface area (Å²) in [7, 11) is 0. The fourth-order valence-electron chi connectivity index (χ4n) is 7.46. The summed E-state index contributed by atoms with van der Waals surface area (Å²) < 4.78 is 6.52. The number of furan rings is 1. The predicted molar refractivity (Wildman–Crippen MR) is 219 cm³/mol. The second-order valence-corrected chi connectivity index (χ2v) is 13.4. The Morgan fingerprint density at radius 1 is 0.321 bits per heavy atom. The largest absolute Gasteiger partial charge is 0.455 e. The molecular weight excluding hydrogens is 645 g/mol. The molecule has 2 heterocycles. The Morgan fingerprint density at radius 3 is 1.70 bits per heavy atom. The van der Waals surface area contributed by atoms with Crippen LogP contribution in [0.2, 0.25) is 0 Å². The van der Waals surface area contributed by atoms with E-state index in [1.165, 1.54) is 21.9 Å². The summed E-state index contributed by atoms with van der Waals surface area (Å²) in [6.45, 7) is 0. The van der Waals surface area contributed by atoms with Gasteiger partial charge in [0, 0.05) is 33.0 Å². The number of para-hydroxylation sites is 2. The van der Waals surface area contributed by atoms with Gasteiger partial charge in [0.25, 0.3) is 0 Å². The van der Waals surface area contributed by atoms with Crippen molar-refractivity contribution in [1.82, 2.24) is 9.97 Å². The van der Waals surface area contributed by atoms with Gasteiger partial charge in [-0.1, -0.05) is 164 Å². The maximum absolute atomic E-state index is 6.52. The van der Waals surface area contributed by atoms with Gasteiger partial charge >= 0.3 is 0 Å². The van der Waals surface area contributed by atoms with Gasteiger partial charge in [0.1, 0.15) is 11.2 Å². The van der Waals surface area contributed by atoms with Crippen molar-refractivity contribution in [2.75, 3.05) is 0 Å². The molecule has 0 bridgehead atoms. The van der Waals surface area contributed by atoms with E-state index in [0.717, 1.165) is 72.3 Å². The normalized spacial score (nSPS) is 11.4. The molecule has 0 saturated carbocycles. The fraction of sp³-hybridized carbons (Fsp3) is 0. The van der Waals surface area contributed by atoms with E-state index in [2.05, 4.69) is 164 Å². The Labute approximate surface area is 307 Å².